The number of piperidine rings is 1. The van der Waals surface area contributed by atoms with Crippen LogP contribution in [0.4, 0.5) is 10.6 Å². The Morgan fingerprint density at radius 3 is 2.51 bits per heavy atom. The number of benzene rings is 1. The molecule has 0 saturated carbocycles. The molecule has 188 valence electrons. The molecule has 0 unspecified atom stereocenters. The molecule has 4 rings (SSSR count). The summed E-state index contributed by atoms with van der Waals surface area (Å²) in [4.78, 5) is 23.9. The van der Waals surface area contributed by atoms with Gasteiger partial charge in [-0.3, -0.25) is 0 Å². The van der Waals surface area contributed by atoms with E-state index in [0.29, 0.717) is 17.7 Å². The molecule has 1 saturated heterocycles. The topological polar surface area (TPSA) is 94.4 Å². The molecule has 1 N–H and O–H groups in total. The van der Waals surface area contributed by atoms with Crippen molar-refractivity contribution in [2.24, 2.45) is 5.41 Å². The van der Waals surface area contributed by atoms with Crippen molar-refractivity contribution < 1.29 is 14.3 Å². The number of ether oxygens (including phenoxy) is 2. The summed E-state index contributed by atoms with van der Waals surface area (Å²) in [6.07, 6.45) is 3.30. The average molecular weight is 545 g/mol. The minimum absolute atomic E-state index is 0.00407. The molecule has 1 amide bonds. The second-order valence-corrected chi connectivity index (χ2v) is 11.1. The number of halogens is 1. The van der Waals surface area contributed by atoms with E-state index in [1.807, 2.05) is 55.9 Å². The Bertz CT molecular complexity index is 1180. The summed E-state index contributed by atoms with van der Waals surface area (Å²) in [6, 6.07) is 7.92. The summed E-state index contributed by atoms with van der Waals surface area (Å²) >= 11 is 3.52. The van der Waals surface area contributed by atoms with Crippen LogP contribution in [0.2, 0.25) is 0 Å². The zero-order chi connectivity index (χ0) is 25.2. The molecular weight excluding hydrogens is 512 g/mol. The number of methoxy groups -OCH3 is 1. The molecule has 35 heavy (non-hydrogen) atoms. The highest BCUT2D eigenvalue weighted by molar-refractivity contribution is 9.10. The normalized spacial score (nSPS) is 15.8. The zero-order valence-corrected chi connectivity index (χ0v) is 22.6. The van der Waals surface area contributed by atoms with Crippen molar-refractivity contribution in [2.75, 3.05) is 31.6 Å². The van der Waals surface area contributed by atoms with Crippen LogP contribution in [0.15, 0.2) is 35.1 Å². The van der Waals surface area contributed by atoms with Gasteiger partial charge in [-0.15, -0.1) is 0 Å². The van der Waals surface area contributed by atoms with E-state index >= 15 is 0 Å². The van der Waals surface area contributed by atoms with Gasteiger partial charge >= 0.3 is 6.09 Å². The van der Waals surface area contributed by atoms with Crippen molar-refractivity contribution in [3.63, 3.8) is 0 Å². The molecule has 3 aromatic rings. The van der Waals surface area contributed by atoms with Crippen molar-refractivity contribution >= 4 is 39.0 Å². The second kappa shape index (κ2) is 10.0. The molecule has 2 aromatic heterocycles. The number of aromatic nitrogens is 4. The van der Waals surface area contributed by atoms with Crippen LogP contribution in [0.3, 0.4) is 0 Å². The standard InChI is InChI=1S/C25H33BrN6O3/c1-24(2,3)35-23(33)28-16-25(4)10-12-31(13-11-25)19-14-27-20-21(26)30-32(22(20)29-19)15-17-6-8-18(34-5)9-7-17/h6-9,14H,10-13,15-16H2,1-5H3,(H,28,33). The van der Waals surface area contributed by atoms with E-state index in [0.717, 1.165) is 54.2 Å². The van der Waals surface area contributed by atoms with E-state index in [2.05, 4.69) is 43.2 Å². The second-order valence-electron chi connectivity index (χ2n) is 10.4. The lowest BCUT2D eigenvalue weighted by molar-refractivity contribution is 0.0495. The van der Waals surface area contributed by atoms with Crippen LogP contribution in [0.1, 0.15) is 46.1 Å². The van der Waals surface area contributed by atoms with Crippen molar-refractivity contribution in [3.8, 4) is 5.75 Å². The average Bonchev–Trinajstić information content (AvgIpc) is 3.12. The molecule has 1 aliphatic heterocycles. The first-order valence-corrected chi connectivity index (χ1v) is 12.6. The lowest BCUT2D eigenvalue weighted by Crippen LogP contribution is -2.46. The van der Waals surface area contributed by atoms with Gasteiger partial charge in [-0.2, -0.15) is 5.10 Å². The summed E-state index contributed by atoms with van der Waals surface area (Å²) in [5, 5.41) is 7.55. The third-order valence-corrected chi connectivity index (χ3v) is 6.77. The molecule has 3 heterocycles. The Morgan fingerprint density at radius 2 is 1.89 bits per heavy atom. The van der Waals surface area contributed by atoms with Crippen LogP contribution in [0, 0.1) is 5.41 Å². The highest BCUT2D eigenvalue weighted by Gasteiger charge is 2.32. The molecule has 0 atom stereocenters. The monoisotopic (exact) mass is 544 g/mol. The first kappa shape index (κ1) is 25.2. The predicted molar refractivity (Wildman–Crippen MR) is 139 cm³/mol. The van der Waals surface area contributed by atoms with Gasteiger partial charge in [0.15, 0.2) is 10.3 Å². The van der Waals surface area contributed by atoms with Gasteiger partial charge in [0.2, 0.25) is 0 Å². The van der Waals surface area contributed by atoms with E-state index in [9.17, 15) is 4.79 Å². The van der Waals surface area contributed by atoms with Crippen molar-refractivity contribution in [1.82, 2.24) is 25.1 Å². The maximum atomic E-state index is 12.1. The van der Waals surface area contributed by atoms with Crippen LogP contribution in [-0.2, 0) is 11.3 Å². The number of fused-ring (bicyclic) bond motifs is 1. The summed E-state index contributed by atoms with van der Waals surface area (Å²) in [5.74, 6) is 1.66. The van der Waals surface area contributed by atoms with Crippen molar-refractivity contribution in [2.45, 2.75) is 52.7 Å². The first-order valence-electron chi connectivity index (χ1n) is 11.8. The third kappa shape index (κ3) is 6.22. The summed E-state index contributed by atoms with van der Waals surface area (Å²) < 4.78 is 13.2. The van der Waals surface area contributed by atoms with Crippen molar-refractivity contribution in [1.29, 1.82) is 0 Å². The van der Waals surface area contributed by atoms with Crippen LogP contribution in [0.25, 0.3) is 11.2 Å². The number of anilines is 1. The van der Waals surface area contributed by atoms with Crippen LogP contribution < -0.4 is 15.0 Å². The molecular formula is C25H33BrN6O3. The molecule has 0 radical (unpaired) electrons. The quantitative estimate of drug-likeness (QED) is 0.477. The Labute approximate surface area is 214 Å². The molecule has 0 spiro atoms. The van der Waals surface area contributed by atoms with Crippen LogP contribution in [-0.4, -0.2) is 58.2 Å². The van der Waals surface area contributed by atoms with Gasteiger partial charge in [0, 0.05) is 19.6 Å². The van der Waals surface area contributed by atoms with E-state index in [4.69, 9.17) is 14.5 Å². The molecule has 1 aliphatic rings. The lowest BCUT2D eigenvalue weighted by Gasteiger charge is -2.40. The smallest absolute Gasteiger partial charge is 0.407 e. The van der Waals surface area contributed by atoms with Gasteiger partial charge in [-0.1, -0.05) is 19.1 Å². The molecule has 1 fully saturated rings. The number of carbonyl (C=O) groups is 1. The highest BCUT2D eigenvalue weighted by atomic mass is 79.9. The number of hydrogen-bond acceptors (Lipinski definition) is 7. The van der Waals surface area contributed by atoms with Gasteiger partial charge in [-0.05, 0) is 72.7 Å². The lowest BCUT2D eigenvalue weighted by atomic mass is 9.80. The van der Waals surface area contributed by atoms with Crippen LogP contribution >= 0.6 is 15.9 Å². The number of rotatable bonds is 6. The van der Waals surface area contributed by atoms with Gasteiger partial charge in [0.05, 0.1) is 19.9 Å². The van der Waals surface area contributed by atoms with Gasteiger partial charge < -0.3 is 19.7 Å². The Morgan fingerprint density at radius 1 is 1.20 bits per heavy atom. The number of nitrogens with zero attached hydrogens (tertiary/aromatic N) is 5. The summed E-state index contributed by atoms with van der Waals surface area (Å²) in [7, 11) is 1.66. The fraction of sp³-hybridized carbons (Fsp3) is 0.520. The molecule has 10 heteroatoms. The third-order valence-electron chi connectivity index (χ3n) is 6.23. The SMILES string of the molecule is COc1ccc(Cn2nc(Br)c3ncc(N4CCC(C)(CNC(=O)OC(C)(C)C)CC4)nc32)cc1. The number of hydrogen-bond donors (Lipinski definition) is 1. The van der Waals surface area contributed by atoms with E-state index < -0.39 is 5.60 Å². The molecule has 0 bridgehead atoms. The zero-order valence-electron chi connectivity index (χ0n) is 21.0. The first-order chi connectivity index (χ1) is 16.5. The number of amides is 1. The maximum Gasteiger partial charge on any atom is 0.407 e. The highest BCUT2D eigenvalue weighted by Crippen LogP contribution is 2.33. The summed E-state index contributed by atoms with van der Waals surface area (Å²) in [5.41, 5.74) is 2.09. The minimum Gasteiger partial charge on any atom is -0.497 e. The number of alkyl carbamates (subject to hydrolysis) is 1. The Hall–Kier alpha value is -2.88. The van der Waals surface area contributed by atoms with Gasteiger partial charge in [0.1, 0.15) is 22.7 Å². The minimum atomic E-state index is -0.499. The number of nitrogens with one attached hydrogen (secondary N) is 1. The molecule has 0 aliphatic carbocycles. The van der Waals surface area contributed by atoms with E-state index in [1.54, 1.807) is 7.11 Å². The van der Waals surface area contributed by atoms with Crippen LogP contribution in [0.5, 0.6) is 5.75 Å². The van der Waals surface area contributed by atoms with E-state index in [-0.39, 0.29) is 11.5 Å². The van der Waals surface area contributed by atoms with Crippen molar-refractivity contribution in [3.05, 3.63) is 40.6 Å². The predicted octanol–water partition coefficient (Wildman–Crippen LogP) is 4.78. The largest absolute Gasteiger partial charge is 0.497 e. The fourth-order valence-electron chi connectivity index (χ4n) is 4.12. The van der Waals surface area contributed by atoms with E-state index in [1.165, 1.54) is 0 Å². The Balaban J connectivity index is 1.43. The summed E-state index contributed by atoms with van der Waals surface area (Å²) in [6.45, 7) is 10.6. The maximum absolute atomic E-state index is 12.1. The fourth-order valence-corrected chi connectivity index (χ4v) is 4.59. The molecule has 1 aromatic carbocycles. The Kier molecular flexibility index (Phi) is 7.21. The van der Waals surface area contributed by atoms with Gasteiger partial charge in [0.25, 0.3) is 0 Å². The molecule has 9 nitrogen and oxygen atoms in total. The number of carbonyl (C=O) groups excluding carboxylic acids is 1. The van der Waals surface area contributed by atoms with Gasteiger partial charge in [-0.25, -0.2) is 19.4 Å².